The summed E-state index contributed by atoms with van der Waals surface area (Å²) in [6.07, 6.45) is 0. The molecule has 5 heteroatoms. The normalized spacial score (nSPS) is 12.0. The van der Waals surface area contributed by atoms with Crippen molar-refractivity contribution in [1.82, 2.24) is 15.0 Å². The molecule has 0 saturated carbocycles. The van der Waals surface area contributed by atoms with E-state index in [9.17, 15) is 0 Å². The summed E-state index contributed by atoms with van der Waals surface area (Å²) in [7, 11) is 0. The van der Waals surface area contributed by atoms with Crippen LogP contribution in [0.3, 0.4) is 0 Å². The van der Waals surface area contributed by atoms with Crippen molar-refractivity contribution in [2.24, 2.45) is 0 Å². The fourth-order valence-corrected chi connectivity index (χ4v) is 5.97. The number of hydrogen-bond acceptors (Lipinski definition) is 5. The van der Waals surface area contributed by atoms with Gasteiger partial charge < -0.3 is 9.15 Å². The van der Waals surface area contributed by atoms with Gasteiger partial charge in [-0.25, -0.2) is 15.0 Å². The van der Waals surface area contributed by atoms with Crippen LogP contribution in [0.5, 0.6) is 11.5 Å². The number of benzene rings is 6. The predicted octanol–water partition coefficient (Wildman–Crippen LogP) is 9.70. The third kappa shape index (κ3) is 3.47. The average Bonchev–Trinajstić information content (AvgIpc) is 3.46. The Morgan fingerprint density at radius 3 is 1.62 bits per heavy atom. The van der Waals surface area contributed by atoms with Gasteiger partial charge in [-0.15, -0.1) is 0 Å². The van der Waals surface area contributed by atoms with Crippen molar-refractivity contribution in [3.63, 3.8) is 0 Å². The molecular weight excluding hydrogens is 518 g/mol. The molecule has 42 heavy (non-hydrogen) atoms. The van der Waals surface area contributed by atoms with Crippen molar-refractivity contribution in [2.45, 2.75) is 0 Å². The summed E-state index contributed by atoms with van der Waals surface area (Å²) < 4.78 is 12.5. The summed E-state index contributed by atoms with van der Waals surface area (Å²) in [5, 5.41) is 4.37. The number of rotatable bonds is 4. The van der Waals surface area contributed by atoms with Gasteiger partial charge in [0.2, 0.25) is 0 Å². The first-order valence-electron chi connectivity index (χ1n) is 13.9. The Balaban J connectivity index is 1.18. The maximum Gasteiger partial charge on any atom is 0.164 e. The lowest BCUT2D eigenvalue weighted by molar-refractivity contribution is 0.493. The molecule has 0 fully saturated rings. The van der Waals surface area contributed by atoms with Gasteiger partial charge in [-0.3, -0.25) is 0 Å². The number of nitrogens with zero attached hydrogens (tertiary/aromatic N) is 3. The first kappa shape index (κ1) is 22.9. The quantitative estimate of drug-likeness (QED) is 0.223. The molecule has 0 radical (unpaired) electrons. The Morgan fingerprint density at radius 2 is 0.952 bits per heavy atom. The molecule has 0 unspecified atom stereocenters. The second-order valence-corrected chi connectivity index (χ2v) is 10.4. The molecule has 0 spiro atoms. The summed E-state index contributed by atoms with van der Waals surface area (Å²) in [4.78, 5) is 14.6. The van der Waals surface area contributed by atoms with Crippen LogP contribution in [0.4, 0.5) is 0 Å². The highest BCUT2D eigenvalue weighted by Gasteiger charge is 2.23. The Bertz CT molecular complexity index is 2250. The number of furan rings is 1. The molecule has 8 aromatic rings. The van der Waals surface area contributed by atoms with Gasteiger partial charge in [-0.1, -0.05) is 97.1 Å². The maximum absolute atomic E-state index is 6.32. The van der Waals surface area contributed by atoms with E-state index in [1.165, 1.54) is 0 Å². The van der Waals surface area contributed by atoms with E-state index >= 15 is 0 Å². The fraction of sp³-hybridized carbons (Fsp3) is 0. The van der Waals surface area contributed by atoms with Crippen LogP contribution in [-0.4, -0.2) is 15.0 Å². The standard InChI is InChI=1S/C37H21N3O2/c1-3-8-23(9-4-1)35-38-36(24-10-5-2-6-11-24)40-37(39-35)25-16-14-22(15-17-25)26-18-20-30-32-27(26)19-21-31-34(32)33-28(41-30)12-7-13-29(33)42-31/h1-21H. The van der Waals surface area contributed by atoms with E-state index in [-0.39, 0.29) is 0 Å². The topological polar surface area (TPSA) is 61.0 Å². The van der Waals surface area contributed by atoms with Crippen molar-refractivity contribution in [3.05, 3.63) is 127 Å². The van der Waals surface area contributed by atoms with Crippen molar-refractivity contribution >= 4 is 32.7 Å². The van der Waals surface area contributed by atoms with Gasteiger partial charge in [0.05, 0.1) is 5.39 Å². The van der Waals surface area contributed by atoms with Gasteiger partial charge in [0.25, 0.3) is 0 Å². The Hall–Kier alpha value is -5.81. The SMILES string of the molecule is c1ccc(-c2nc(-c3ccccc3)nc(-c3ccc(-c4ccc5c6c4ccc4oc7cccc(c7c46)O5)cc3)n2)cc1. The number of hydrogen-bond donors (Lipinski definition) is 0. The molecule has 3 heterocycles. The van der Waals surface area contributed by atoms with Gasteiger partial charge in [0.1, 0.15) is 22.7 Å². The summed E-state index contributed by atoms with van der Waals surface area (Å²) >= 11 is 0. The van der Waals surface area contributed by atoms with E-state index in [0.29, 0.717) is 17.5 Å². The molecule has 5 nitrogen and oxygen atoms in total. The first-order valence-corrected chi connectivity index (χ1v) is 13.9. The van der Waals surface area contributed by atoms with Crippen LogP contribution < -0.4 is 4.74 Å². The van der Waals surface area contributed by atoms with Crippen LogP contribution >= 0.6 is 0 Å². The zero-order valence-corrected chi connectivity index (χ0v) is 22.3. The molecule has 1 aliphatic rings. The van der Waals surface area contributed by atoms with Gasteiger partial charge in [-0.2, -0.15) is 0 Å². The Morgan fingerprint density at radius 1 is 0.381 bits per heavy atom. The summed E-state index contributed by atoms with van der Waals surface area (Å²) in [6.45, 7) is 0. The van der Waals surface area contributed by atoms with Crippen LogP contribution in [0, 0.1) is 0 Å². The molecule has 0 atom stereocenters. The van der Waals surface area contributed by atoms with E-state index in [0.717, 1.165) is 72.0 Å². The predicted molar refractivity (Wildman–Crippen MR) is 166 cm³/mol. The smallest absolute Gasteiger partial charge is 0.164 e. The van der Waals surface area contributed by atoms with Crippen molar-refractivity contribution in [2.75, 3.05) is 0 Å². The molecule has 6 aromatic carbocycles. The van der Waals surface area contributed by atoms with Crippen molar-refractivity contribution in [1.29, 1.82) is 0 Å². The van der Waals surface area contributed by atoms with E-state index in [1.54, 1.807) is 0 Å². The van der Waals surface area contributed by atoms with Crippen LogP contribution in [0.2, 0.25) is 0 Å². The van der Waals surface area contributed by atoms with E-state index in [1.807, 2.05) is 78.9 Å². The molecule has 0 bridgehead atoms. The Kier molecular flexibility index (Phi) is 4.83. The molecule has 1 aliphatic heterocycles. The van der Waals surface area contributed by atoms with Gasteiger partial charge in [0.15, 0.2) is 17.5 Å². The van der Waals surface area contributed by atoms with Gasteiger partial charge in [-0.05, 0) is 46.8 Å². The van der Waals surface area contributed by atoms with Crippen molar-refractivity contribution in [3.8, 4) is 56.8 Å². The largest absolute Gasteiger partial charge is 0.456 e. The highest BCUT2D eigenvalue weighted by molar-refractivity contribution is 6.25. The minimum atomic E-state index is 0.636. The third-order valence-electron chi connectivity index (χ3n) is 7.94. The summed E-state index contributed by atoms with van der Waals surface area (Å²) in [6, 6.07) is 42.8. The highest BCUT2D eigenvalue weighted by Crippen LogP contribution is 2.50. The highest BCUT2D eigenvalue weighted by atomic mass is 16.5. The molecule has 9 rings (SSSR count). The lowest BCUT2D eigenvalue weighted by Crippen LogP contribution is -2.00. The zero-order valence-electron chi connectivity index (χ0n) is 22.3. The van der Waals surface area contributed by atoms with Gasteiger partial charge >= 0.3 is 0 Å². The summed E-state index contributed by atoms with van der Waals surface area (Å²) in [5.41, 5.74) is 6.78. The number of ether oxygens (including phenoxy) is 1. The van der Waals surface area contributed by atoms with Crippen LogP contribution in [0.15, 0.2) is 132 Å². The van der Waals surface area contributed by atoms with Gasteiger partial charge in [0, 0.05) is 27.5 Å². The molecule has 0 amide bonds. The lowest BCUT2D eigenvalue weighted by Gasteiger charge is -2.17. The zero-order chi connectivity index (χ0) is 27.6. The maximum atomic E-state index is 6.32. The second kappa shape index (κ2) is 8.85. The van der Waals surface area contributed by atoms with Crippen LogP contribution in [0.1, 0.15) is 0 Å². The van der Waals surface area contributed by atoms with E-state index in [2.05, 4.69) is 48.5 Å². The molecule has 2 aromatic heterocycles. The minimum absolute atomic E-state index is 0.636. The lowest BCUT2D eigenvalue weighted by atomic mass is 9.93. The van der Waals surface area contributed by atoms with E-state index < -0.39 is 0 Å². The third-order valence-corrected chi connectivity index (χ3v) is 7.94. The fourth-order valence-electron chi connectivity index (χ4n) is 5.97. The second-order valence-electron chi connectivity index (χ2n) is 10.4. The van der Waals surface area contributed by atoms with Crippen molar-refractivity contribution < 1.29 is 9.15 Å². The van der Waals surface area contributed by atoms with Crippen LogP contribution in [0.25, 0.3) is 78.0 Å². The number of aromatic nitrogens is 3. The Labute approximate surface area is 240 Å². The molecule has 0 N–H and O–H groups in total. The minimum Gasteiger partial charge on any atom is -0.456 e. The molecule has 0 saturated heterocycles. The monoisotopic (exact) mass is 539 g/mol. The molecule has 196 valence electrons. The van der Waals surface area contributed by atoms with Crippen LogP contribution in [-0.2, 0) is 0 Å². The average molecular weight is 540 g/mol. The summed E-state index contributed by atoms with van der Waals surface area (Å²) in [5.74, 6) is 3.62. The van der Waals surface area contributed by atoms with E-state index in [4.69, 9.17) is 24.1 Å². The molecule has 0 aliphatic carbocycles. The molecular formula is C37H21N3O2. The first-order chi connectivity index (χ1) is 20.8.